The first-order valence-electron chi connectivity index (χ1n) is 14.7. The van der Waals surface area contributed by atoms with Gasteiger partial charge < -0.3 is 21.3 Å². The highest BCUT2D eigenvalue weighted by atomic mass is 35.5. The van der Waals surface area contributed by atoms with Gasteiger partial charge in [-0.1, -0.05) is 55.2 Å². The Morgan fingerprint density at radius 2 is 1.79 bits per heavy atom. The summed E-state index contributed by atoms with van der Waals surface area (Å²) in [5.74, 6) is -1.36. The van der Waals surface area contributed by atoms with E-state index in [-0.39, 0.29) is 75.9 Å². The van der Waals surface area contributed by atoms with E-state index in [0.717, 1.165) is 0 Å². The number of carbonyl (C=O) groups is 1. The summed E-state index contributed by atoms with van der Waals surface area (Å²) in [6.45, 7) is 13.6. The molecule has 1 aromatic carbocycles. The predicted octanol–water partition coefficient (Wildman–Crippen LogP) is 6.63. The quantitative estimate of drug-likeness (QED) is 0.134. The van der Waals surface area contributed by atoms with Crippen molar-refractivity contribution < 1.29 is 9.18 Å². The summed E-state index contributed by atoms with van der Waals surface area (Å²) in [7, 11) is 0. The van der Waals surface area contributed by atoms with Crippen molar-refractivity contribution in [1.29, 1.82) is 5.26 Å². The van der Waals surface area contributed by atoms with Crippen molar-refractivity contribution in [3.05, 3.63) is 79.0 Å². The maximum absolute atomic E-state index is 15.1. The van der Waals surface area contributed by atoms with Crippen LogP contribution in [0.5, 0.6) is 0 Å². The molecular formula is C33H32Cl3FN8O2. The zero-order valence-corrected chi connectivity index (χ0v) is 28.6. The van der Waals surface area contributed by atoms with Gasteiger partial charge in [-0.15, -0.1) is 0 Å². The summed E-state index contributed by atoms with van der Waals surface area (Å²) < 4.78 is 16.5. The van der Waals surface area contributed by atoms with E-state index < -0.39 is 21.4 Å². The van der Waals surface area contributed by atoms with Gasteiger partial charge in [-0.05, 0) is 50.5 Å². The Kier molecular flexibility index (Phi) is 9.16. The molecule has 0 bridgehead atoms. The molecule has 5 rings (SSSR count). The highest BCUT2D eigenvalue weighted by Gasteiger charge is 2.36. The van der Waals surface area contributed by atoms with Gasteiger partial charge >= 0.3 is 0 Å². The van der Waals surface area contributed by atoms with Crippen LogP contribution in [0, 0.1) is 24.1 Å². The molecule has 0 spiro atoms. The third-order valence-corrected chi connectivity index (χ3v) is 9.43. The molecule has 4 heterocycles. The summed E-state index contributed by atoms with van der Waals surface area (Å²) in [5.41, 5.74) is 13.1. The van der Waals surface area contributed by atoms with Crippen molar-refractivity contribution in [3.63, 3.8) is 0 Å². The van der Waals surface area contributed by atoms with Gasteiger partial charge in [-0.2, -0.15) is 5.26 Å². The molecule has 47 heavy (non-hydrogen) atoms. The lowest BCUT2D eigenvalue weighted by molar-refractivity contribution is -0.130. The number of piperazine rings is 1. The first-order valence-corrected chi connectivity index (χ1v) is 15.9. The van der Waals surface area contributed by atoms with Crippen molar-refractivity contribution in [3.8, 4) is 23.0 Å². The van der Waals surface area contributed by atoms with Gasteiger partial charge in [-0.25, -0.2) is 9.37 Å². The molecule has 244 valence electrons. The summed E-state index contributed by atoms with van der Waals surface area (Å²) in [4.78, 5) is 40.3. The number of nitrogen functional groups attached to an aromatic ring is 2. The number of amides is 1. The van der Waals surface area contributed by atoms with Crippen molar-refractivity contribution in [2.45, 2.75) is 52.6 Å². The highest BCUT2D eigenvalue weighted by Crippen LogP contribution is 2.46. The number of aryl methyl sites for hydroxylation is 1. The second-order valence-corrected chi connectivity index (χ2v) is 13.0. The maximum Gasteiger partial charge on any atom is 0.276 e. The first-order chi connectivity index (χ1) is 22.2. The molecule has 0 saturated carbocycles. The average molecular weight is 698 g/mol. The molecular weight excluding hydrogens is 666 g/mol. The molecule has 4 N–H and O–H groups in total. The van der Waals surface area contributed by atoms with Gasteiger partial charge in [-0.3, -0.25) is 19.1 Å². The van der Waals surface area contributed by atoms with E-state index >= 15 is 4.39 Å². The fourth-order valence-corrected chi connectivity index (χ4v) is 7.11. The number of nitrogens with two attached hydrogens (primary N) is 2. The van der Waals surface area contributed by atoms with Crippen LogP contribution in [0.15, 0.2) is 35.8 Å². The Morgan fingerprint density at radius 3 is 2.36 bits per heavy atom. The molecule has 0 unspecified atom stereocenters. The molecule has 2 atom stereocenters. The second kappa shape index (κ2) is 12.7. The number of nitriles is 1. The lowest BCUT2D eigenvalue weighted by atomic mass is 10.0. The standard InChI is InChI=1S/C33H32Cl3FN8O2/c1-7-21(46)44-16(5)12-43(13-17(44)6)31-18-10-20(34)29(22-23(35)25(37)24(36)27(40)26(22)39)42-32(18)45(33(47)19(31)11-38)30-15(4)8-9-41-28(30)14(2)3/h7-10,14,16-17H,1,12-13,39-40H2,2-6H3/t16-,17+. The van der Waals surface area contributed by atoms with E-state index in [4.69, 9.17) is 51.3 Å². The Morgan fingerprint density at radius 1 is 1.15 bits per heavy atom. The van der Waals surface area contributed by atoms with Gasteiger partial charge in [0.2, 0.25) is 5.91 Å². The lowest BCUT2D eigenvalue weighted by Crippen LogP contribution is -2.58. The van der Waals surface area contributed by atoms with Crippen molar-refractivity contribution in [2.24, 2.45) is 0 Å². The number of pyridine rings is 3. The Bertz CT molecular complexity index is 2050. The number of aromatic nitrogens is 3. The number of fused-ring (bicyclic) bond motifs is 1. The molecule has 0 radical (unpaired) electrons. The lowest BCUT2D eigenvalue weighted by Gasteiger charge is -2.45. The molecule has 1 aliphatic rings. The van der Waals surface area contributed by atoms with Gasteiger partial charge in [0.1, 0.15) is 22.3 Å². The van der Waals surface area contributed by atoms with Gasteiger partial charge in [0.05, 0.1) is 44.2 Å². The van der Waals surface area contributed by atoms with Crippen LogP contribution in [-0.4, -0.2) is 50.5 Å². The number of anilines is 3. The minimum Gasteiger partial charge on any atom is -0.396 e. The first kappa shape index (κ1) is 34.0. The third-order valence-electron chi connectivity index (χ3n) is 8.42. The third kappa shape index (κ3) is 5.44. The highest BCUT2D eigenvalue weighted by molar-refractivity contribution is 6.41. The number of nitrogens with zero attached hydrogens (tertiary/aromatic N) is 6. The number of rotatable bonds is 5. The van der Waals surface area contributed by atoms with E-state index in [1.165, 1.54) is 10.6 Å². The second-order valence-electron chi connectivity index (χ2n) is 11.9. The molecule has 4 aromatic rings. The minimum absolute atomic E-state index is 0.00359. The Labute approximate surface area is 286 Å². The zero-order chi connectivity index (χ0) is 34.6. The number of benzene rings is 1. The van der Waals surface area contributed by atoms with E-state index in [1.807, 2.05) is 39.5 Å². The number of carbonyl (C=O) groups excluding carboxylic acids is 1. The number of hydrogen-bond donors (Lipinski definition) is 2. The van der Waals surface area contributed by atoms with Crippen LogP contribution in [0.3, 0.4) is 0 Å². The van der Waals surface area contributed by atoms with Crippen LogP contribution >= 0.6 is 34.8 Å². The van der Waals surface area contributed by atoms with Crippen molar-refractivity contribution in [2.75, 3.05) is 29.5 Å². The van der Waals surface area contributed by atoms with Crippen LogP contribution in [0.25, 0.3) is 28.0 Å². The van der Waals surface area contributed by atoms with Gasteiger partial charge in [0.15, 0.2) is 5.82 Å². The van der Waals surface area contributed by atoms with E-state index in [1.54, 1.807) is 23.2 Å². The van der Waals surface area contributed by atoms with Crippen LogP contribution in [0.1, 0.15) is 50.4 Å². The number of halogens is 4. The summed E-state index contributed by atoms with van der Waals surface area (Å²) in [6, 6.07) is 4.81. The van der Waals surface area contributed by atoms with Crippen LogP contribution < -0.4 is 21.9 Å². The van der Waals surface area contributed by atoms with Crippen LogP contribution in [0.4, 0.5) is 21.5 Å². The maximum atomic E-state index is 15.1. The smallest absolute Gasteiger partial charge is 0.276 e. The van der Waals surface area contributed by atoms with E-state index in [0.29, 0.717) is 28.0 Å². The summed E-state index contributed by atoms with van der Waals surface area (Å²) in [6.07, 6.45) is 2.90. The molecule has 1 amide bonds. The molecule has 14 heteroatoms. The van der Waals surface area contributed by atoms with Gasteiger partial charge in [0.25, 0.3) is 5.56 Å². The topological polar surface area (TPSA) is 147 Å². The fourth-order valence-electron chi connectivity index (χ4n) is 6.34. The summed E-state index contributed by atoms with van der Waals surface area (Å²) in [5, 5.41) is 9.99. The summed E-state index contributed by atoms with van der Waals surface area (Å²) >= 11 is 19.4. The average Bonchev–Trinajstić information content (AvgIpc) is 3.02. The van der Waals surface area contributed by atoms with Crippen molar-refractivity contribution in [1.82, 2.24) is 19.4 Å². The molecule has 0 aliphatic carbocycles. The van der Waals surface area contributed by atoms with E-state index in [9.17, 15) is 14.9 Å². The largest absolute Gasteiger partial charge is 0.396 e. The Balaban J connectivity index is 1.95. The zero-order valence-electron chi connectivity index (χ0n) is 26.3. The van der Waals surface area contributed by atoms with Gasteiger partial charge in [0, 0.05) is 42.3 Å². The normalized spacial score (nSPS) is 16.5. The molecule has 1 aliphatic heterocycles. The SMILES string of the molecule is C=CC(=O)N1[C@H](C)CN(c2c(C#N)c(=O)n(-c3c(C)ccnc3C(C)C)c3nc(-c4c(N)c(N)c(Cl)c(F)c4Cl)c(Cl)cc23)C[C@@H]1C. The van der Waals surface area contributed by atoms with Crippen LogP contribution in [0.2, 0.25) is 15.1 Å². The monoisotopic (exact) mass is 696 g/mol. The molecule has 1 fully saturated rings. The molecule has 10 nitrogen and oxygen atoms in total. The van der Waals surface area contributed by atoms with Crippen LogP contribution in [-0.2, 0) is 4.79 Å². The van der Waals surface area contributed by atoms with Crippen molar-refractivity contribution >= 4 is 68.8 Å². The number of hydrogen-bond acceptors (Lipinski definition) is 8. The Hall–Kier alpha value is -4.37. The van der Waals surface area contributed by atoms with E-state index in [2.05, 4.69) is 17.6 Å². The minimum atomic E-state index is -1.01. The molecule has 1 saturated heterocycles. The fraction of sp³-hybridized carbons (Fsp3) is 0.303. The predicted molar refractivity (Wildman–Crippen MR) is 186 cm³/mol. The molecule has 3 aromatic heterocycles.